The maximum absolute atomic E-state index is 11.7. The van der Waals surface area contributed by atoms with Crippen LogP contribution in [0.25, 0.3) is 0 Å². The zero-order valence-corrected chi connectivity index (χ0v) is 18.3. The number of amidine groups is 1. The Morgan fingerprint density at radius 1 is 1.33 bits per heavy atom. The number of benzene rings is 1. The van der Waals surface area contributed by atoms with Crippen molar-refractivity contribution in [2.24, 2.45) is 4.99 Å². The van der Waals surface area contributed by atoms with Gasteiger partial charge in [-0.3, -0.25) is 4.79 Å². The van der Waals surface area contributed by atoms with Crippen LogP contribution in [0.15, 0.2) is 27.9 Å². The van der Waals surface area contributed by atoms with Crippen molar-refractivity contribution >= 4 is 18.0 Å². The van der Waals surface area contributed by atoms with E-state index in [-0.39, 0.29) is 6.54 Å². The van der Waals surface area contributed by atoms with Gasteiger partial charge in [0.2, 0.25) is 5.60 Å². The average Bonchev–Trinajstić information content (AvgIpc) is 3.51. The molecule has 1 aliphatic carbocycles. The highest BCUT2D eigenvalue weighted by atomic mass is 16.5. The molecule has 2 aliphatic rings. The van der Waals surface area contributed by atoms with Gasteiger partial charge in [0, 0.05) is 25.5 Å². The lowest BCUT2D eigenvalue weighted by Crippen LogP contribution is -2.34. The summed E-state index contributed by atoms with van der Waals surface area (Å²) in [6.45, 7) is 7.32. The van der Waals surface area contributed by atoms with Gasteiger partial charge in [0.15, 0.2) is 6.29 Å². The van der Waals surface area contributed by atoms with E-state index >= 15 is 0 Å². The van der Waals surface area contributed by atoms with E-state index in [0.717, 1.165) is 44.3 Å². The van der Waals surface area contributed by atoms with Gasteiger partial charge in [-0.15, -0.1) is 0 Å². The van der Waals surface area contributed by atoms with Crippen LogP contribution in [-0.2, 0) is 39.1 Å². The van der Waals surface area contributed by atoms with Crippen LogP contribution in [0, 0.1) is 6.92 Å². The molecule has 2 aromatic rings. The summed E-state index contributed by atoms with van der Waals surface area (Å²) in [5.74, 6) is 0. The first-order valence-corrected chi connectivity index (χ1v) is 10.6. The van der Waals surface area contributed by atoms with Gasteiger partial charge in [0.05, 0.1) is 6.54 Å². The Kier molecular flexibility index (Phi) is 7.26. The van der Waals surface area contributed by atoms with E-state index in [1.165, 1.54) is 34.9 Å². The van der Waals surface area contributed by atoms with Gasteiger partial charge < -0.3 is 19.3 Å². The third kappa shape index (κ3) is 4.41. The first-order chi connectivity index (χ1) is 14.6. The molecule has 7 heteroatoms. The quantitative estimate of drug-likeness (QED) is 0.721. The molecule has 0 spiro atoms. The van der Waals surface area contributed by atoms with Crippen LogP contribution in [0.3, 0.4) is 0 Å². The lowest BCUT2D eigenvalue weighted by Gasteiger charge is -2.22. The Morgan fingerprint density at radius 3 is 2.77 bits per heavy atom. The minimum atomic E-state index is -1.20. The Bertz CT molecular complexity index is 890. The number of nitrogens with one attached hydrogen (secondary N) is 1. The molecule has 7 nitrogen and oxygen atoms in total. The van der Waals surface area contributed by atoms with Gasteiger partial charge in [-0.2, -0.15) is 0 Å². The molecular weight excluding hydrogens is 382 g/mol. The number of rotatable bonds is 6. The van der Waals surface area contributed by atoms with Crippen LogP contribution in [0.4, 0.5) is 5.69 Å². The second kappa shape index (κ2) is 9.89. The molecule has 1 atom stereocenters. The molecule has 4 rings (SSSR count). The summed E-state index contributed by atoms with van der Waals surface area (Å²) < 4.78 is 15.3. The van der Waals surface area contributed by atoms with Crippen molar-refractivity contribution in [3.8, 4) is 0 Å². The molecule has 0 amide bonds. The van der Waals surface area contributed by atoms with Crippen molar-refractivity contribution in [3.05, 3.63) is 46.3 Å². The summed E-state index contributed by atoms with van der Waals surface area (Å²) in [6.07, 6.45) is 7.59. The Hall–Kier alpha value is -2.67. The van der Waals surface area contributed by atoms with Crippen LogP contribution < -0.4 is 5.32 Å². The predicted molar refractivity (Wildman–Crippen MR) is 116 cm³/mol. The monoisotopic (exact) mass is 413 g/mol. The van der Waals surface area contributed by atoms with E-state index in [1.54, 1.807) is 13.2 Å². The Balaban J connectivity index is 0.000000589. The summed E-state index contributed by atoms with van der Waals surface area (Å²) in [5, 5.41) is 7.27. The van der Waals surface area contributed by atoms with Crippen LogP contribution in [-0.4, -0.2) is 37.7 Å². The van der Waals surface area contributed by atoms with Crippen molar-refractivity contribution in [3.63, 3.8) is 0 Å². The molecule has 0 radical (unpaired) electrons. The van der Waals surface area contributed by atoms with Crippen molar-refractivity contribution < 1.29 is 18.8 Å². The molecule has 0 saturated heterocycles. The number of aliphatic imine (C=N–C) groups is 1. The van der Waals surface area contributed by atoms with Crippen molar-refractivity contribution in [2.75, 3.05) is 25.6 Å². The van der Waals surface area contributed by atoms with Crippen molar-refractivity contribution in [1.29, 1.82) is 0 Å². The minimum Gasteiger partial charge on any atom is -0.442 e. The Morgan fingerprint density at radius 2 is 2.13 bits per heavy atom. The van der Waals surface area contributed by atoms with Crippen LogP contribution in [0.1, 0.15) is 54.6 Å². The third-order valence-corrected chi connectivity index (χ3v) is 5.55. The maximum atomic E-state index is 11.7. The molecule has 1 aliphatic heterocycles. The maximum Gasteiger partial charge on any atom is 0.290 e. The van der Waals surface area contributed by atoms with Gasteiger partial charge in [-0.1, -0.05) is 24.6 Å². The molecule has 1 aromatic heterocycles. The molecule has 1 unspecified atom stereocenters. The summed E-state index contributed by atoms with van der Waals surface area (Å²) in [7, 11) is 1.68. The van der Waals surface area contributed by atoms with Crippen molar-refractivity contribution in [2.45, 2.75) is 58.5 Å². The fourth-order valence-corrected chi connectivity index (χ4v) is 3.95. The smallest absolute Gasteiger partial charge is 0.290 e. The number of ether oxygens (including phenoxy) is 2. The number of nitrogens with zero attached hydrogens (tertiary/aromatic N) is 2. The number of hydrogen-bond acceptors (Lipinski definition) is 7. The zero-order valence-electron chi connectivity index (χ0n) is 18.3. The van der Waals surface area contributed by atoms with E-state index in [9.17, 15) is 4.79 Å². The number of aryl methyl sites for hydroxylation is 2. The van der Waals surface area contributed by atoms with E-state index in [1.807, 2.05) is 6.92 Å². The number of aromatic nitrogens is 1. The summed E-state index contributed by atoms with van der Waals surface area (Å²) in [6, 6.07) is 4.33. The highest BCUT2D eigenvalue weighted by molar-refractivity contribution is 5.94. The second-order valence-corrected chi connectivity index (χ2v) is 7.61. The van der Waals surface area contributed by atoms with E-state index in [2.05, 4.69) is 40.1 Å². The second-order valence-electron chi connectivity index (χ2n) is 7.61. The van der Waals surface area contributed by atoms with Gasteiger partial charge in [0.1, 0.15) is 12.0 Å². The molecule has 1 N–H and O–H groups in total. The summed E-state index contributed by atoms with van der Waals surface area (Å²) in [4.78, 5) is 16.2. The molecule has 2 heterocycles. The van der Waals surface area contributed by atoms with Crippen LogP contribution in [0.2, 0.25) is 0 Å². The number of aldehydes is 1. The first kappa shape index (κ1) is 22.0. The highest BCUT2D eigenvalue weighted by Crippen LogP contribution is 2.36. The minimum absolute atomic E-state index is 0.197. The average molecular weight is 414 g/mol. The first-order valence-electron chi connectivity index (χ1n) is 10.6. The zero-order chi connectivity index (χ0) is 21.6. The van der Waals surface area contributed by atoms with Gasteiger partial charge >= 0.3 is 0 Å². The third-order valence-electron chi connectivity index (χ3n) is 5.55. The summed E-state index contributed by atoms with van der Waals surface area (Å²) >= 11 is 0. The molecule has 30 heavy (non-hydrogen) atoms. The van der Waals surface area contributed by atoms with Gasteiger partial charge in [-0.05, 0) is 61.8 Å². The molecular formula is C23H31N3O4. The molecule has 162 valence electrons. The number of fused-ring (bicyclic) bond motifs is 1. The number of hydrogen-bond donors (Lipinski definition) is 1. The number of anilines is 1. The topological polar surface area (TPSA) is 86.0 Å². The number of methoxy groups -OCH3 is 1. The number of carbonyl (C=O) groups excluding carboxylic acids is 1. The SMILES string of the molecule is CCCc1c(C)cc2c(c1NC1=NCC(C=O)(c3ccon3)O1)CCC2.CCOC. The fourth-order valence-electron chi connectivity index (χ4n) is 3.95. The standard InChI is InChI=1S/C20H23N3O3.C3H8O/c1-3-5-15-13(2)10-14-6-4-7-16(14)18(15)22-19-21-11-20(12-24,26-19)17-8-9-25-23-17;1-3-4-2/h8-10,12H,3-7,11H2,1-2H3,(H,21,22);3H2,1-2H3. The highest BCUT2D eigenvalue weighted by Gasteiger charge is 2.43. The molecule has 0 fully saturated rings. The van der Waals surface area contributed by atoms with Crippen LogP contribution in [0.5, 0.6) is 0 Å². The lowest BCUT2D eigenvalue weighted by atomic mass is 9.95. The van der Waals surface area contributed by atoms with E-state index < -0.39 is 5.60 Å². The molecule has 1 aromatic carbocycles. The van der Waals surface area contributed by atoms with E-state index in [4.69, 9.17) is 9.26 Å². The fraction of sp³-hybridized carbons (Fsp3) is 0.522. The molecule has 0 bridgehead atoms. The summed E-state index contributed by atoms with van der Waals surface area (Å²) in [5.41, 5.74) is 5.72. The van der Waals surface area contributed by atoms with Gasteiger partial charge in [-0.25, -0.2) is 4.99 Å². The number of carbonyl (C=O) groups is 1. The normalized spacial score (nSPS) is 19.4. The lowest BCUT2D eigenvalue weighted by molar-refractivity contribution is -0.121. The Labute approximate surface area is 177 Å². The van der Waals surface area contributed by atoms with Crippen LogP contribution >= 0.6 is 0 Å². The van der Waals surface area contributed by atoms with Crippen molar-refractivity contribution in [1.82, 2.24) is 5.16 Å². The largest absolute Gasteiger partial charge is 0.442 e. The van der Waals surface area contributed by atoms with Gasteiger partial charge in [0.25, 0.3) is 6.02 Å². The van der Waals surface area contributed by atoms with E-state index in [0.29, 0.717) is 11.7 Å². The predicted octanol–water partition coefficient (Wildman–Crippen LogP) is 3.97. The molecule has 0 saturated carbocycles.